The predicted molar refractivity (Wildman–Crippen MR) is 107 cm³/mol. The zero-order chi connectivity index (χ0) is 19.4. The number of rotatable bonds is 6. The van der Waals surface area contributed by atoms with Gasteiger partial charge in [0.05, 0.1) is 0 Å². The third kappa shape index (κ3) is 4.01. The van der Waals surface area contributed by atoms with Crippen molar-refractivity contribution in [2.24, 2.45) is 0 Å². The summed E-state index contributed by atoms with van der Waals surface area (Å²) in [6, 6.07) is 9.96. The Morgan fingerprint density at radius 3 is 2.78 bits per heavy atom. The van der Waals surface area contributed by atoms with Gasteiger partial charge in [0, 0.05) is 29.4 Å². The lowest BCUT2D eigenvalue weighted by Crippen LogP contribution is -2.14. The summed E-state index contributed by atoms with van der Waals surface area (Å²) in [5.41, 5.74) is 7.88. The van der Waals surface area contributed by atoms with Crippen LogP contribution in [0, 0.1) is 15.9 Å². The van der Waals surface area contributed by atoms with Gasteiger partial charge in [0.2, 0.25) is 0 Å². The van der Waals surface area contributed by atoms with Gasteiger partial charge in [-0.25, -0.2) is 14.4 Å². The maximum Gasteiger partial charge on any atom is 0.159 e. The van der Waals surface area contributed by atoms with Gasteiger partial charge in [-0.15, -0.1) is 0 Å². The van der Waals surface area contributed by atoms with Gasteiger partial charge in [-0.2, -0.15) is 0 Å². The van der Waals surface area contributed by atoms with E-state index in [0.29, 0.717) is 33.8 Å². The SMILES string of the molecule is CCc1c(N)[nH]c(C(=N)c2cccnc2NCc2ccccc2F)nc1=S. The van der Waals surface area contributed by atoms with Gasteiger partial charge in [-0.1, -0.05) is 37.3 Å². The van der Waals surface area contributed by atoms with Gasteiger partial charge in [0.25, 0.3) is 0 Å². The highest BCUT2D eigenvalue weighted by Gasteiger charge is 2.15. The van der Waals surface area contributed by atoms with Gasteiger partial charge in [0.15, 0.2) is 5.82 Å². The summed E-state index contributed by atoms with van der Waals surface area (Å²) < 4.78 is 14.2. The van der Waals surface area contributed by atoms with Crippen LogP contribution >= 0.6 is 12.2 Å². The second kappa shape index (κ2) is 8.05. The summed E-state index contributed by atoms with van der Waals surface area (Å²) in [4.78, 5) is 11.5. The van der Waals surface area contributed by atoms with Crippen molar-refractivity contribution in [1.82, 2.24) is 15.0 Å². The van der Waals surface area contributed by atoms with Crippen LogP contribution in [-0.2, 0) is 13.0 Å². The minimum atomic E-state index is -0.300. The molecule has 6 nitrogen and oxygen atoms in total. The fourth-order valence-electron chi connectivity index (χ4n) is 2.67. The number of benzene rings is 1. The van der Waals surface area contributed by atoms with E-state index in [4.69, 9.17) is 23.4 Å². The number of nitrogens with zero attached hydrogens (tertiary/aromatic N) is 2. The lowest BCUT2D eigenvalue weighted by Gasteiger charge is -2.13. The summed E-state index contributed by atoms with van der Waals surface area (Å²) >= 11 is 5.28. The molecule has 0 atom stereocenters. The van der Waals surface area contributed by atoms with E-state index in [9.17, 15) is 4.39 Å². The molecule has 1 aromatic carbocycles. The molecule has 5 N–H and O–H groups in total. The van der Waals surface area contributed by atoms with E-state index in [1.54, 1.807) is 36.5 Å². The Hall–Kier alpha value is -3.13. The zero-order valence-electron chi connectivity index (χ0n) is 14.7. The first-order chi connectivity index (χ1) is 13.0. The van der Waals surface area contributed by atoms with Crippen molar-refractivity contribution >= 4 is 29.6 Å². The number of anilines is 2. The van der Waals surface area contributed by atoms with Crippen LogP contribution in [-0.4, -0.2) is 20.7 Å². The quantitative estimate of drug-likeness (QED) is 0.383. The lowest BCUT2D eigenvalue weighted by molar-refractivity contribution is 0.613. The molecule has 0 bridgehead atoms. The topological polar surface area (TPSA) is 103 Å². The molecule has 0 radical (unpaired) electrons. The molecular weight excluding hydrogens is 363 g/mol. The number of nitrogens with one attached hydrogen (secondary N) is 3. The molecule has 138 valence electrons. The first-order valence-electron chi connectivity index (χ1n) is 8.41. The minimum absolute atomic E-state index is 0.0968. The number of hydrogen-bond acceptors (Lipinski definition) is 6. The number of nitrogen functional groups attached to an aromatic ring is 1. The Morgan fingerprint density at radius 2 is 2.07 bits per heavy atom. The fourth-order valence-corrected chi connectivity index (χ4v) is 3.02. The van der Waals surface area contributed by atoms with E-state index in [1.165, 1.54) is 6.07 Å². The number of aromatic amines is 1. The molecule has 3 rings (SSSR count). The first kappa shape index (κ1) is 18.7. The van der Waals surface area contributed by atoms with Crippen molar-refractivity contribution < 1.29 is 4.39 Å². The highest BCUT2D eigenvalue weighted by molar-refractivity contribution is 7.71. The van der Waals surface area contributed by atoms with E-state index < -0.39 is 0 Å². The maximum absolute atomic E-state index is 13.8. The van der Waals surface area contributed by atoms with Gasteiger partial charge < -0.3 is 16.0 Å². The third-order valence-electron chi connectivity index (χ3n) is 4.12. The summed E-state index contributed by atoms with van der Waals surface area (Å²) in [6.07, 6.45) is 2.26. The van der Waals surface area contributed by atoms with Crippen LogP contribution in [0.2, 0.25) is 0 Å². The number of H-pyrrole nitrogens is 1. The van der Waals surface area contributed by atoms with Crippen LogP contribution in [0.5, 0.6) is 0 Å². The molecule has 0 saturated carbocycles. The van der Waals surface area contributed by atoms with Gasteiger partial charge in [0.1, 0.15) is 27.8 Å². The zero-order valence-corrected chi connectivity index (χ0v) is 15.5. The normalized spacial score (nSPS) is 10.6. The molecule has 8 heteroatoms. The molecular formula is C19H19FN6S. The van der Waals surface area contributed by atoms with Gasteiger partial charge in [-0.3, -0.25) is 5.41 Å². The highest BCUT2D eigenvalue weighted by Crippen LogP contribution is 2.19. The van der Waals surface area contributed by atoms with E-state index in [-0.39, 0.29) is 23.9 Å². The number of hydrogen-bond donors (Lipinski definition) is 4. The summed E-state index contributed by atoms with van der Waals surface area (Å²) in [5, 5.41) is 11.6. The molecule has 0 aliphatic heterocycles. The van der Waals surface area contributed by atoms with Crippen LogP contribution in [0.25, 0.3) is 0 Å². The van der Waals surface area contributed by atoms with Gasteiger partial charge >= 0.3 is 0 Å². The maximum atomic E-state index is 13.8. The van der Waals surface area contributed by atoms with Crippen LogP contribution in [0.15, 0.2) is 42.6 Å². The van der Waals surface area contributed by atoms with Crippen molar-refractivity contribution in [3.8, 4) is 0 Å². The van der Waals surface area contributed by atoms with E-state index in [0.717, 1.165) is 5.56 Å². The molecule has 0 saturated heterocycles. The van der Waals surface area contributed by atoms with Crippen molar-refractivity contribution in [2.75, 3.05) is 11.1 Å². The van der Waals surface area contributed by atoms with Crippen LogP contribution < -0.4 is 11.1 Å². The number of pyridine rings is 1. The Labute approximate surface area is 161 Å². The smallest absolute Gasteiger partial charge is 0.159 e. The first-order valence-corrected chi connectivity index (χ1v) is 8.82. The molecule has 0 unspecified atom stereocenters. The summed E-state index contributed by atoms with van der Waals surface area (Å²) in [7, 11) is 0. The van der Waals surface area contributed by atoms with Gasteiger partial charge in [-0.05, 0) is 24.6 Å². The number of halogens is 1. The summed E-state index contributed by atoms with van der Waals surface area (Å²) in [5.74, 6) is 0.815. The number of nitrogens with two attached hydrogens (primary N) is 1. The van der Waals surface area contributed by atoms with E-state index >= 15 is 0 Å². The molecule has 0 amide bonds. The predicted octanol–water partition coefficient (Wildman–Crippen LogP) is 3.85. The third-order valence-corrected chi connectivity index (χ3v) is 4.46. The average Bonchev–Trinajstić information content (AvgIpc) is 2.67. The number of aromatic nitrogens is 3. The fraction of sp³-hybridized carbons (Fsp3) is 0.158. The average molecular weight is 382 g/mol. The Kier molecular flexibility index (Phi) is 5.56. The highest BCUT2D eigenvalue weighted by atomic mass is 32.1. The molecule has 27 heavy (non-hydrogen) atoms. The molecule has 3 aromatic rings. The Balaban J connectivity index is 1.90. The van der Waals surface area contributed by atoms with E-state index in [2.05, 4.69) is 20.3 Å². The standard InChI is InChI=1S/C19H19FN6S/c1-2-12-16(22)25-18(26-19(12)27)15(21)13-7-5-9-23-17(13)24-10-11-6-3-4-8-14(11)20/h3-9,21H,2,10H2,1H3,(H,23,24)(H3,22,25,26,27). The van der Waals surface area contributed by atoms with Crippen molar-refractivity contribution in [1.29, 1.82) is 5.41 Å². The van der Waals surface area contributed by atoms with Crippen molar-refractivity contribution in [2.45, 2.75) is 19.9 Å². The van der Waals surface area contributed by atoms with Crippen LogP contribution in [0.1, 0.15) is 29.4 Å². The largest absolute Gasteiger partial charge is 0.385 e. The van der Waals surface area contributed by atoms with Crippen LogP contribution in [0.4, 0.5) is 16.0 Å². The molecule has 0 fully saturated rings. The summed E-state index contributed by atoms with van der Waals surface area (Å²) in [6.45, 7) is 2.18. The van der Waals surface area contributed by atoms with Crippen LogP contribution in [0.3, 0.4) is 0 Å². The Morgan fingerprint density at radius 1 is 1.30 bits per heavy atom. The second-order valence-corrected chi connectivity index (χ2v) is 6.24. The monoisotopic (exact) mass is 382 g/mol. The Bertz CT molecular complexity index is 1050. The molecule has 0 aliphatic rings. The molecule has 2 aromatic heterocycles. The second-order valence-electron chi connectivity index (χ2n) is 5.86. The van der Waals surface area contributed by atoms with Crippen molar-refractivity contribution in [3.05, 3.63) is 75.6 Å². The lowest BCUT2D eigenvalue weighted by atomic mass is 10.1. The van der Waals surface area contributed by atoms with E-state index in [1.807, 2.05) is 6.92 Å². The minimum Gasteiger partial charge on any atom is -0.385 e. The molecule has 0 aliphatic carbocycles. The molecule has 2 heterocycles. The molecule has 0 spiro atoms. The van der Waals surface area contributed by atoms with Crippen molar-refractivity contribution in [3.63, 3.8) is 0 Å².